The van der Waals surface area contributed by atoms with Gasteiger partial charge in [0.05, 0.1) is 25.3 Å². The Balaban J connectivity index is 1.62. The highest BCUT2D eigenvalue weighted by atomic mass is 16.6. The topological polar surface area (TPSA) is 76.5 Å². The van der Waals surface area contributed by atoms with Gasteiger partial charge in [0.15, 0.2) is 5.82 Å². The second kappa shape index (κ2) is 8.26. The van der Waals surface area contributed by atoms with E-state index in [-0.39, 0.29) is 12.0 Å². The highest BCUT2D eigenvalue weighted by Gasteiger charge is 2.33. The molecule has 0 unspecified atom stereocenters. The Bertz CT molecular complexity index is 1090. The lowest BCUT2D eigenvalue weighted by Crippen LogP contribution is -2.34. The van der Waals surface area contributed by atoms with Crippen molar-refractivity contribution in [2.75, 3.05) is 5.32 Å². The molecule has 3 aromatic rings. The van der Waals surface area contributed by atoms with Crippen molar-refractivity contribution in [3.8, 4) is 0 Å². The molecule has 31 heavy (non-hydrogen) atoms. The summed E-state index contributed by atoms with van der Waals surface area (Å²) in [5.74, 6) is 0.245. The molecule has 1 aromatic heterocycles. The number of carbonyl (C=O) groups excluding carboxylic acids is 2. The van der Waals surface area contributed by atoms with Crippen molar-refractivity contribution in [2.24, 2.45) is 0 Å². The number of amides is 2. The number of hydrogen-bond donors (Lipinski definition) is 1. The summed E-state index contributed by atoms with van der Waals surface area (Å²) in [5.41, 5.74) is 2.80. The summed E-state index contributed by atoms with van der Waals surface area (Å²) in [7, 11) is 0. The Kier molecular flexibility index (Phi) is 5.50. The molecule has 0 radical (unpaired) electrons. The summed E-state index contributed by atoms with van der Waals surface area (Å²) < 4.78 is 7.40. The van der Waals surface area contributed by atoms with Gasteiger partial charge in [-0.1, -0.05) is 48.5 Å². The Morgan fingerprint density at radius 1 is 1.00 bits per heavy atom. The number of anilines is 1. The normalized spacial score (nSPS) is 13.1. The number of fused-ring (bicyclic) bond motifs is 1. The number of ether oxygens (including phenoxy) is 1. The van der Waals surface area contributed by atoms with Crippen LogP contribution in [0.4, 0.5) is 10.6 Å². The lowest BCUT2D eigenvalue weighted by Gasteiger charge is -2.24. The third kappa shape index (κ3) is 4.77. The van der Waals surface area contributed by atoms with E-state index < -0.39 is 5.60 Å². The molecule has 0 aliphatic carbocycles. The zero-order valence-electron chi connectivity index (χ0n) is 18.0. The van der Waals surface area contributed by atoms with Gasteiger partial charge in [0, 0.05) is 11.1 Å². The minimum atomic E-state index is -0.577. The lowest BCUT2D eigenvalue weighted by atomic mass is 10.2. The largest absolute Gasteiger partial charge is 0.444 e. The van der Waals surface area contributed by atoms with E-state index in [0.717, 1.165) is 16.8 Å². The molecule has 0 saturated carbocycles. The van der Waals surface area contributed by atoms with Crippen molar-refractivity contribution in [1.29, 1.82) is 0 Å². The molecule has 160 valence electrons. The molecule has 0 spiro atoms. The van der Waals surface area contributed by atoms with Gasteiger partial charge in [-0.2, -0.15) is 5.10 Å². The number of nitrogens with zero attached hydrogens (tertiary/aromatic N) is 3. The molecule has 0 bridgehead atoms. The van der Waals surface area contributed by atoms with Crippen molar-refractivity contribution in [2.45, 2.75) is 46.0 Å². The first kappa shape index (κ1) is 20.7. The molecule has 2 heterocycles. The van der Waals surface area contributed by atoms with E-state index in [1.807, 2.05) is 74.0 Å². The van der Waals surface area contributed by atoms with Gasteiger partial charge in [-0.3, -0.25) is 14.4 Å². The quantitative estimate of drug-likeness (QED) is 0.680. The molecule has 0 atom stereocenters. The van der Waals surface area contributed by atoms with Crippen LogP contribution in [0.2, 0.25) is 0 Å². The molecule has 2 amide bonds. The van der Waals surface area contributed by atoms with E-state index in [9.17, 15) is 9.59 Å². The van der Waals surface area contributed by atoms with Gasteiger partial charge in [0.1, 0.15) is 5.60 Å². The van der Waals surface area contributed by atoms with Crippen LogP contribution in [0.5, 0.6) is 0 Å². The molecular formula is C24H26N4O3. The maximum Gasteiger partial charge on any atom is 0.410 e. The summed E-state index contributed by atoms with van der Waals surface area (Å²) in [4.78, 5) is 27.0. The SMILES string of the molecule is CC(C)(C)OC(=O)N1Cc2c(NC(=O)c3ccccc3)nn(Cc3ccccc3)c2C1. The van der Waals surface area contributed by atoms with Gasteiger partial charge < -0.3 is 10.1 Å². The summed E-state index contributed by atoms with van der Waals surface area (Å²) in [5, 5.41) is 7.59. The summed E-state index contributed by atoms with van der Waals surface area (Å²) in [6.45, 7) is 6.80. The Morgan fingerprint density at radius 3 is 2.29 bits per heavy atom. The summed E-state index contributed by atoms with van der Waals surface area (Å²) >= 11 is 0. The third-order valence-corrected chi connectivity index (χ3v) is 4.95. The Hall–Kier alpha value is -3.61. The maximum absolute atomic E-state index is 12.7. The molecule has 7 nitrogen and oxygen atoms in total. The van der Waals surface area contributed by atoms with Crippen LogP contribution in [-0.4, -0.2) is 32.3 Å². The maximum atomic E-state index is 12.7. The van der Waals surface area contributed by atoms with E-state index in [4.69, 9.17) is 4.74 Å². The van der Waals surface area contributed by atoms with Crippen molar-refractivity contribution in [1.82, 2.24) is 14.7 Å². The van der Waals surface area contributed by atoms with Crippen LogP contribution in [-0.2, 0) is 24.4 Å². The number of rotatable bonds is 4. The van der Waals surface area contributed by atoms with Crippen LogP contribution >= 0.6 is 0 Å². The van der Waals surface area contributed by atoms with Crippen molar-refractivity contribution in [3.63, 3.8) is 0 Å². The van der Waals surface area contributed by atoms with Gasteiger partial charge in [0.25, 0.3) is 5.91 Å². The Morgan fingerprint density at radius 2 is 1.65 bits per heavy atom. The van der Waals surface area contributed by atoms with Gasteiger partial charge >= 0.3 is 6.09 Å². The number of benzene rings is 2. The molecule has 4 rings (SSSR count). The van der Waals surface area contributed by atoms with Gasteiger partial charge in [-0.05, 0) is 38.5 Å². The van der Waals surface area contributed by atoms with Crippen LogP contribution < -0.4 is 5.32 Å². The highest BCUT2D eigenvalue weighted by Crippen LogP contribution is 2.31. The molecule has 1 aliphatic rings. The van der Waals surface area contributed by atoms with Crippen molar-refractivity contribution in [3.05, 3.63) is 83.0 Å². The van der Waals surface area contributed by atoms with Gasteiger partial charge in [-0.15, -0.1) is 0 Å². The van der Waals surface area contributed by atoms with Crippen LogP contribution in [0.3, 0.4) is 0 Å². The average molecular weight is 418 g/mol. The second-order valence-corrected chi connectivity index (χ2v) is 8.57. The first-order valence-electron chi connectivity index (χ1n) is 10.3. The van der Waals surface area contributed by atoms with E-state index in [2.05, 4.69) is 10.4 Å². The predicted octanol–water partition coefficient (Wildman–Crippen LogP) is 4.43. The zero-order valence-corrected chi connectivity index (χ0v) is 18.0. The van der Waals surface area contributed by atoms with Gasteiger partial charge in [-0.25, -0.2) is 4.79 Å². The van der Waals surface area contributed by atoms with Crippen LogP contribution in [0.1, 0.15) is 48.0 Å². The van der Waals surface area contributed by atoms with E-state index >= 15 is 0 Å². The summed E-state index contributed by atoms with van der Waals surface area (Å²) in [6, 6.07) is 19.0. The molecule has 1 aliphatic heterocycles. The monoisotopic (exact) mass is 418 g/mol. The standard InChI is InChI=1S/C24H26N4O3/c1-24(2,3)31-23(30)27-15-19-20(16-27)28(14-17-10-6-4-7-11-17)26-21(19)25-22(29)18-12-8-5-9-13-18/h4-13H,14-16H2,1-3H3,(H,25,26,29). The fourth-order valence-electron chi connectivity index (χ4n) is 3.52. The predicted molar refractivity (Wildman–Crippen MR) is 118 cm³/mol. The fraction of sp³-hybridized carbons (Fsp3) is 0.292. The minimum Gasteiger partial charge on any atom is -0.444 e. The number of hydrogen-bond acceptors (Lipinski definition) is 4. The smallest absolute Gasteiger partial charge is 0.410 e. The van der Waals surface area contributed by atoms with Crippen LogP contribution in [0.25, 0.3) is 0 Å². The molecule has 0 saturated heterocycles. The molecule has 2 aromatic carbocycles. The highest BCUT2D eigenvalue weighted by molar-refractivity contribution is 6.04. The fourth-order valence-corrected chi connectivity index (χ4v) is 3.52. The minimum absolute atomic E-state index is 0.233. The first-order valence-corrected chi connectivity index (χ1v) is 10.3. The van der Waals surface area contributed by atoms with E-state index in [0.29, 0.717) is 31.0 Å². The van der Waals surface area contributed by atoms with Crippen LogP contribution in [0.15, 0.2) is 60.7 Å². The van der Waals surface area contributed by atoms with E-state index in [1.54, 1.807) is 17.0 Å². The number of nitrogens with one attached hydrogen (secondary N) is 1. The number of aromatic nitrogens is 2. The molecule has 1 N–H and O–H groups in total. The lowest BCUT2D eigenvalue weighted by molar-refractivity contribution is 0.0238. The Labute approximate surface area is 181 Å². The molecule has 7 heteroatoms. The third-order valence-electron chi connectivity index (χ3n) is 4.95. The van der Waals surface area contributed by atoms with Crippen molar-refractivity contribution >= 4 is 17.8 Å². The van der Waals surface area contributed by atoms with Crippen LogP contribution in [0, 0.1) is 0 Å². The van der Waals surface area contributed by atoms with Gasteiger partial charge in [0.2, 0.25) is 0 Å². The first-order chi connectivity index (χ1) is 14.8. The number of carbonyl (C=O) groups is 2. The van der Waals surface area contributed by atoms with E-state index in [1.165, 1.54) is 0 Å². The van der Waals surface area contributed by atoms with Crippen molar-refractivity contribution < 1.29 is 14.3 Å². The zero-order chi connectivity index (χ0) is 22.0. The second-order valence-electron chi connectivity index (χ2n) is 8.57. The average Bonchev–Trinajstić information content (AvgIpc) is 3.30. The molecule has 0 fully saturated rings. The summed E-state index contributed by atoms with van der Waals surface area (Å²) in [6.07, 6.45) is -0.379. The molecular weight excluding hydrogens is 392 g/mol.